The molecule has 2 aromatic carbocycles. The number of methoxy groups -OCH3 is 1. The van der Waals surface area contributed by atoms with Gasteiger partial charge >= 0.3 is 0 Å². The number of nitrogens with zero attached hydrogens (tertiary/aromatic N) is 1. The summed E-state index contributed by atoms with van der Waals surface area (Å²) in [5.41, 5.74) is 1.97. The molecule has 0 aliphatic heterocycles. The number of ether oxygens (including phenoxy) is 1. The van der Waals surface area contributed by atoms with E-state index >= 15 is 0 Å². The minimum atomic E-state index is -3.80. The SMILES string of the molecule is COc1ccc(S(=O)(=O)N(C)CC(=O)Nc2cccc(Cl)c2C)cc1C. The van der Waals surface area contributed by atoms with Crippen LogP contribution in [0, 0.1) is 13.8 Å². The minimum Gasteiger partial charge on any atom is -0.496 e. The molecule has 0 saturated heterocycles. The molecule has 1 N–H and O–H groups in total. The van der Waals surface area contributed by atoms with E-state index in [0.717, 1.165) is 9.87 Å². The molecular formula is C18H21ClN2O4S. The van der Waals surface area contributed by atoms with E-state index in [2.05, 4.69) is 5.32 Å². The highest BCUT2D eigenvalue weighted by Crippen LogP contribution is 2.24. The molecule has 6 nitrogen and oxygen atoms in total. The van der Waals surface area contributed by atoms with Crippen molar-refractivity contribution >= 4 is 33.2 Å². The third-order valence-corrected chi connectivity index (χ3v) is 6.19. The highest BCUT2D eigenvalue weighted by molar-refractivity contribution is 7.89. The van der Waals surface area contributed by atoms with Gasteiger partial charge in [-0.25, -0.2) is 8.42 Å². The fourth-order valence-corrected chi connectivity index (χ4v) is 3.80. The molecule has 2 aromatic rings. The van der Waals surface area contributed by atoms with Crippen molar-refractivity contribution < 1.29 is 17.9 Å². The largest absolute Gasteiger partial charge is 0.496 e. The molecule has 0 spiro atoms. The van der Waals surface area contributed by atoms with E-state index in [1.807, 2.05) is 0 Å². The van der Waals surface area contributed by atoms with E-state index in [1.165, 1.54) is 26.3 Å². The third-order valence-electron chi connectivity index (χ3n) is 3.98. The average Bonchev–Trinajstić information content (AvgIpc) is 2.58. The van der Waals surface area contributed by atoms with Crippen molar-refractivity contribution in [1.82, 2.24) is 4.31 Å². The number of anilines is 1. The molecule has 1 amide bonds. The van der Waals surface area contributed by atoms with Crippen molar-refractivity contribution in [3.63, 3.8) is 0 Å². The molecule has 0 radical (unpaired) electrons. The Labute approximate surface area is 158 Å². The fraction of sp³-hybridized carbons (Fsp3) is 0.278. The van der Waals surface area contributed by atoms with Crippen molar-refractivity contribution in [3.05, 3.63) is 52.5 Å². The maximum Gasteiger partial charge on any atom is 0.243 e. The highest BCUT2D eigenvalue weighted by Gasteiger charge is 2.24. The standard InChI is InChI=1S/C18H21ClN2O4S/c1-12-10-14(8-9-17(12)25-4)26(23,24)21(3)11-18(22)20-16-7-5-6-15(19)13(16)2/h5-10H,11H2,1-4H3,(H,20,22). The van der Waals surface area contributed by atoms with Crippen LogP contribution in [0.4, 0.5) is 5.69 Å². The summed E-state index contributed by atoms with van der Waals surface area (Å²) in [7, 11) is -0.922. The normalized spacial score (nSPS) is 11.5. The molecular weight excluding hydrogens is 376 g/mol. The zero-order chi connectivity index (χ0) is 19.5. The molecule has 2 rings (SSSR count). The molecule has 140 valence electrons. The topological polar surface area (TPSA) is 75.7 Å². The monoisotopic (exact) mass is 396 g/mol. The van der Waals surface area contributed by atoms with Gasteiger partial charge in [0.2, 0.25) is 15.9 Å². The molecule has 0 aliphatic carbocycles. The number of aryl methyl sites for hydroxylation is 1. The summed E-state index contributed by atoms with van der Waals surface area (Å²) in [6.07, 6.45) is 0. The molecule has 0 fully saturated rings. The second-order valence-electron chi connectivity index (χ2n) is 5.85. The predicted molar refractivity (Wildman–Crippen MR) is 102 cm³/mol. The number of carbonyl (C=O) groups excluding carboxylic acids is 1. The van der Waals surface area contributed by atoms with Crippen LogP contribution in [-0.2, 0) is 14.8 Å². The summed E-state index contributed by atoms with van der Waals surface area (Å²) in [4.78, 5) is 12.4. The van der Waals surface area contributed by atoms with Crippen molar-refractivity contribution in [1.29, 1.82) is 0 Å². The minimum absolute atomic E-state index is 0.102. The Kier molecular flexibility index (Phi) is 6.28. The summed E-state index contributed by atoms with van der Waals surface area (Å²) < 4.78 is 31.5. The number of nitrogens with one attached hydrogen (secondary N) is 1. The Morgan fingerprint density at radius 1 is 1.23 bits per heavy atom. The van der Waals surface area contributed by atoms with Gasteiger partial charge in [-0.2, -0.15) is 4.31 Å². The molecule has 0 aromatic heterocycles. The molecule has 0 atom stereocenters. The Bertz CT molecular complexity index is 929. The van der Waals surface area contributed by atoms with Crippen LogP contribution in [0.1, 0.15) is 11.1 Å². The zero-order valence-corrected chi connectivity index (χ0v) is 16.6. The average molecular weight is 397 g/mol. The van der Waals surface area contributed by atoms with Gasteiger partial charge in [0.15, 0.2) is 0 Å². The first-order valence-corrected chi connectivity index (χ1v) is 9.64. The second-order valence-corrected chi connectivity index (χ2v) is 8.31. The van der Waals surface area contributed by atoms with Crippen molar-refractivity contribution in [3.8, 4) is 5.75 Å². The van der Waals surface area contributed by atoms with Crippen LogP contribution in [-0.4, -0.2) is 39.3 Å². The van der Waals surface area contributed by atoms with Crippen LogP contribution in [0.15, 0.2) is 41.3 Å². The van der Waals surface area contributed by atoms with Crippen molar-refractivity contribution in [2.75, 3.05) is 26.0 Å². The maximum atomic E-state index is 12.7. The second kappa shape index (κ2) is 8.07. The number of amides is 1. The fourth-order valence-electron chi connectivity index (χ4n) is 2.41. The number of likely N-dealkylation sites (N-methyl/N-ethyl adjacent to an activating group) is 1. The summed E-state index contributed by atoms with van der Waals surface area (Å²) in [5, 5.41) is 3.21. The van der Waals surface area contributed by atoms with Gasteiger partial charge in [0.25, 0.3) is 0 Å². The molecule has 0 heterocycles. The summed E-state index contributed by atoms with van der Waals surface area (Å²) in [6, 6.07) is 9.70. The predicted octanol–water partition coefficient (Wildman–Crippen LogP) is 3.22. The lowest BCUT2D eigenvalue weighted by Crippen LogP contribution is -2.35. The van der Waals surface area contributed by atoms with E-state index in [4.69, 9.17) is 16.3 Å². The van der Waals surface area contributed by atoms with Crippen LogP contribution >= 0.6 is 11.6 Å². The van der Waals surface area contributed by atoms with Gasteiger partial charge in [0, 0.05) is 17.8 Å². The highest BCUT2D eigenvalue weighted by atomic mass is 35.5. The Balaban J connectivity index is 2.14. The molecule has 0 unspecified atom stereocenters. The number of carbonyl (C=O) groups is 1. The lowest BCUT2D eigenvalue weighted by molar-refractivity contribution is -0.116. The van der Waals surface area contributed by atoms with Gasteiger partial charge in [0.1, 0.15) is 5.75 Å². The number of hydrogen-bond donors (Lipinski definition) is 1. The van der Waals surface area contributed by atoms with Crippen LogP contribution in [0.3, 0.4) is 0 Å². The lowest BCUT2D eigenvalue weighted by atomic mass is 10.2. The summed E-state index contributed by atoms with van der Waals surface area (Å²) in [6.45, 7) is 3.21. The molecule has 0 bridgehead atoms. The first-order chi connectivity index (χ1) is 12.2. The van der Waals surface area contributed by atoms with Crippen LogP contribution < -0.4 is 10.1 Å². The Morgan fingerprint density at radius 2 is 1.92 bits per heavy atom. The van der Waals surface area contributed by atoms with E-state index in [0.29, 0.717) is 22.0 Å². The van der Waals surface area contributed by atoms with E-state index in [9.17, 15) is 13.2 Å². The van der Waals surface area contributed by atoms with Crippen LogP contribution in [0.2, 0.25) is 5.02 Å². The van der Waals surface area contributed by atoms with Crippen molar-refractivity contribution in [2.45, 2.75) is 18.7 Å². The first-order valence-electron chi connectivity index (χ1n) is 7.82. The van der Waals surface area contributed by atoms with Crippen LogP contribution in [0.5, 0.6) is 5.75 Å². The van der Waals surface area contributed by atoms with Gasteiger partial charge in [-0.3, -0.25) is 4.79 Å². The Morgan fingerprint density at radius 3 is 2.54 bits per heavy atom. The Hall–Kier alpha value is -2.09. The number of rotatable bonds is 6. The molecule has 8 heteroatoms. The first kappa shape index (κ1) is 20.2. The zero-order valence-electron chi connectivity index (χ0n) is 15.0. The smallest absolute Gasteiger partial charge is 0.243 e. The van der Waals surface area contributed by atoms with Gasteiger partial charge in [-0.1, -0.05) is 17.7 Å². The van der Waals surface area contributed by atoms with E-state index in [-0.39, 0.29) is 11.4 Å². The van der Waals surface area contributed by atoms with Crippen molar-refractivity contribution in [2.24, 2.45) is 0 Å². The van der Waals surface area contributed by atoms with Gasteiger partial charge in [-0.05, 0) is 55.3 Å². The van der Waals surface area contributed by atoms with Crippen LogP contribution in [0.25, 0.3) is 0 Å². The summed E-state index contributed by atoms with van der Waals surface area (Å²) in [5.74, 6) is 0.146. The number of sulfonamides is 1. The number of halogens is 1. The lowest BCUT2D eigenvalue weighted by Gasteiger charge is -2.18. The molecule has 0 aliphatic rings. The molecule has 26 heavy (non-hydrogen) atoms. The quantitative estimate of drug-likeness (QED) is 0.813. The number of hydrogen-bond acceptors (Lipinski definition) is 4. The summed E-state index contributed by atoms with van der Waals surface area (Å²) >= 11 is 6.03. The third kappa shape index (κ3) is 4.35. The van der Waals surface area contributed by atoms with E-state index in [1.54, 1.807) is 38.1 Å². The molecule has 0 saturated carbocycles. The van der Waals surface area contributed by atoms with Gasteiger partial charge in [-0.15, -0.1) is 0 Å². The van der Waals surface area contributed by atoms with Gasteiger partial charge in [0.05, 0.1) is 18.6 Å². The maximum absolute atomic E-state index is 12.7. The van der Waals surface area contributed by atoms with E-state index < -0.39 is 15.9 Å². The van der Waals surface area contributed by atoms with Gasteiger partial charge < -0.3 is 10.1 Å². The number of benzene rings is 2.